The number of nitrogens with zero attached hydrogens (tertiary/aromatic N) is 4. The Morgan fingerprint density at radius 1 is 0.886 bits per heavy atom. The lowest BCUT2D eigenvalue weighted by atomic mass is 9.76. The molecule has 0 radical (unpaired) electrons. The number of piperidine rings is 2. The summed E-state index contributed by atoms with van der Waals surface area (Å²) in [7, 11) is 0. The largest absolute Gasteiger partial charge is 0.343 e. The summed E-state index contributed by atoms with van der Waals surface area (Å²) in [6.07, 6.45) is 10.8. The molecule has 236 valence electrons. The van der Waals surface area contributed by atoms with Crippen LogP contribution < -0.4 is 0 Å². The Balaban J connectivity index is 1.01. The molecule has 1 aromatic heterocycles. The van der Waals surface area contributed by atoms with Gasteiger partial charge in [-0.1, -0.05) is 27.5 Å². The fourth-order valence-corrected chi connectivity index (χ4v) is 9.29. The standard InChI is InChI=1S/C34H41Br2ClN4O3/c35-26-18-25-6-5-24-19-27(37)20-28(36)32(24)33(34(25)38-21-26)23-9-15-41(16-10-23)31(44)17-22-7-13-40(14-8-22)30(43)4-2-12-39-11-1-3-29(39)42/h18-23,33H,1-17H2/t33-/m1/s1. The summed E-state index contributed by atoms with van der Waals surface area (Å²) in [5.74, 6) is 1.53. The molecule has 0 N–H and O–H groups in total. The van der Waals surface area contributed by atoms with Crippen molar-refractivity contribution in [2.24, 2.45) is 11.8 Å². The molecular weight excluding hydrogens is 708 g/mol. The second-order valence-electron chi connectivity index (χ2n) is 13.0. The lowest BCUT2D eigenvalue weighted by molar-refractivity contribution is -0.135. The number of likely N-dealkylation sites (tertiary alicyclic amines) is 3. The first-order valence-corrected chi connectivity index (χ1v) is 18.2. The highest BCUT2D eigenvalue weighted by Crippen LogP contribution is 2.46. The van der Waals surface area contributed by atoms with Gasteiger partial charge >= 0.3 is 0 Å². The van der Waals surface area contributed by atoms with Gasteiger partial charge in [0.15, 0.2) is 0 Å². The molecule has 3 amide bonds. The molecule has 3 saturated heterocycles. The van der Waals surface area contributed by atoms with Crippen molar-refractivity contribution in [3.8, 4) is 0 Å². The Bertz CT molecular complexity index is 1410. The van der Waals surface area contributed by atoms with E-state index < -0.39 is 0 Å². The molecule has 44 heavy (non-hydrogen) atoms. The third-order valence-corrected chi connectivity index (χ3v) is 11.5. The maximum atomic E-state index is 13.4. The highest BCUT2D eigenvalue weighted by molar-refractivity contribution is 9.10. The van der Waals surface area contributed by atoms with Crippen molar-refractivity contribution in [2.75, 3.05) is 39.3 Å². The van der Waals surface area contributed by atoms with Gasteiger partial charge in [-0.05, 0) is 114 Å². The van der Waals surface area contributed by atoms with Crippen LogP contribution in [0, 0.1) is 11.8 Å². The number of fused-ring (bicyclic) bond motifs is 2. The van der Waals surface area contributed by atoms with Crippen LogP contribution in [0.2, 0.25) is 5.02 Å². The van der Waals surface area contributed by atoms with E-state index in [0.29, 0.717) is 37.6 Å². The predicted molar refractivity (Wildman–Crippen MR) is 179 cm³/mol. The number of amides is 3. The summed E-state index contributed by atoms with van der Waals surface area (Å²) < 4.78 is 2.05. The van der Waals surface area contributed by atoms with Gasteiger partial charge in [0.05, 0.1) is 5.69 Å². The van der Waals surface area contributed by atoms with Crippen molar-refractivity contribution in [1.29, 1.82) is 0 Å². The molecule has 1 aromatic carbocycles. The maximum Gasteiger partial charge on any atom is 0.222 e. The van der Waals surface area contributed by atoms with E-state index in [1.54, 1.807) is 0 Å². The minimum absolute atomic E-state index is 0.164. The number of pyridine rings is 1. The van der Waals surface area contributed by atoms with Crippen molar-refractivity contribution in [1.82, 2.24) is 19.7 Å². The Morgan fingerprint density at radius 3 is 2.32 bits per heavy atom. The quantitative estimate of drug-likeness (QED) is 0.314. The van der Waals surface area contributed by atoms with Gasteiger partial charge in [0.1, 0.15) is 0 Å². The van der Waals surface area contributed by atoms with Crippen LogP contribution in [0.1, 0.15) is 86.1 Å². The molecule has 0 unspecified atom stereocenters. The summed E-state index contributed by atoms with van der Waals surface area (Å²) in [4.78, 5) is 48.8. The number of hydrogen-bond donors (Lipinski definition) is 0. The molecule has 0 spiro atoms. The number of benzene rings is 1. The molecule has 2 aromatic rings. The number of hydrogen-bond acceptors (Lipinski definition) is 4. The molecule has 3 aliphatic heterocycles. The highest BCUT2D eigenvalue weighted by atomic mass is 79.9. The summed E-state index contributed by atoms with van der Waals surface area (Å²) >= 11 is 14.0. The van der Waals surface area contributed by atoms with E-state index in [0.717, 1.165) is 104 Å². The summed E-state index contributed by atoms with van der Waals surface area (Å²) in [6, 6.07) is 6.33. The van der Waals surface area contributed by atoms with Gasteiger partial charge in [0.25, 0.3) is 0 Å². The molecule has 3 fully saturated rings. The van der Waals surface area contributed by atoms with Gasteiger partial charge in [-0.25, -0.2) is 0 Å². The number of aromatic nitrogens is 1. The van der Waals surface area contributed by atoms with Crippen LogP contribution in [0.15, 0.2) is 33.3 Å². The van der Waals surface area contributed by atoms with Gasteiger partial charge in [0, 0.05) is 84.6 Å². The SMILES string of the molecule is O=C1CCCN1CCCC(=O)N1CCC(CC(=O)N2CCC([C@H]3c4ncc(Br)cc4CCc4cc(Cl)cc(Br)c43)CC2)CC1. The van der Waals surface area contributed by atoms with Crippen LogP contribution in [-0.2, 0) is 27.2 Å². The lowest BCUT2D eigenvalue weighted by Gasteiger charge is -2.38. The Morgan fingerprint density at radius 2 is 1.59 bits per heavy atom. The molecule has 4 heterocycles. The third kappa shape index (κ3) is 7.20. The maximum absolute atomic E-state index is 13.4. The van der Waals surface area contributed by atoms with Crippen molar-refractivity contribution >= 4 is 61.2 Å². The van der Waals surface area contributed by atoms with E-state index in [2.05, 4.69) is 48.9 Å². The van der Waals surface area contributed by atoms with Gasteiger partial charge in [-0.3, -0.25) is 19.4 Å². The zero-order valence-corrected chi connectivity index (χ0v) is 29.1. The molecule has 7 nitrogen and oxygen atoms in total. The molecular formula is C34H41Br2ClN4O3. The first kappa shape index (κ1) is 32.0. The average molecular weight is 749 g/mol. The highest BCUT2D eigenvalue weighted by Gasteiger charge is 2.37. The van der Waals surface area contributed by atoms with Gasteiger partial charge in [0.2, 0.25) is 17.7 Å². The number of rotatable bonds is 7. The van der Waals surface area contributed by atoms with Gasteiger partial charge in [-0.15, -0.1) is 0 Å². The molecule has 0 bridgehead atoms. The summed E-state index contributed by atoms with van der Waals surface area (Å²) in [6.45, 7) is 4.50. The van der Waals surface area contributed by atoms with Crippen LogP contribution in [0.3, 0.4) is 0 Å². The summed E-state index contributed by atoms with van der Waals surface area (Å²) in [5, 5.41) is 0.750. The topological polar surface area (TPSA) is 73.8 Å². The van der Waals surface area contributed by atoms with Crippen LogP contribution in [-0.4, -0.2) is 76.7 Å². The average Bonchev–Trinajstić information content (AvgIpc) is 3.34. The zero-order valence-electron chi connectivity index (χ0n) is 25.2. The number of carbonyl (C=O) groups is 3. The molecule has 0 saturated carbocycles. The fourth-order valence-electron chi connectivity index (χ4n) is 7.79. The van der Waals surface area contributed by atoms with Crippen LogP contribution >= 0.6 is 43.5 Å². The second-order valence-corrected chi connectivity index (χ2v) is 15.2. The van der Waals surface area contributed by atoms with Crippen molar-refractivity contribution in [3.63, 3.8) is 0 Å². The van der Waals surface area contributed by atoms with Crippen molar-refractivity contribution in [2.45, 2.75) is 76.5 Å². The van der Waals surface area contributed by atoms with E-state index in [1.807, 2.05) is 22.1 Å². The van der Waals surface area contributed by atoms with Gasteiger partial charge in [-0.2, -0.15) is 0 Å². The Kier molecular flexibility index (Phi) is 10.3. The molecule has 1 aliphatic carbocycles. The van der Waals surface area contributed by atoms with E-state index in [1.165, 1.54) is 16.7 Å². The predicted octanol–water partition coefficient (Wildman–Crippen LogP) is 6.76. The van der Waals surface area contributed by atoms with Crippen molar-refractivity contribution in [3.05, 3.63) is 60.7 Å². The lowest BCUT2D eigenvalue weighted by Crippen LogP contribution is -2.43. The second kappa shape index (κ2) is 14.2. The van der Waals surface area contributed by atoms with E-state index in [9.17, 15) is 14.4 Å². The Hall–Kier alpha value is -1.97. The first-order valence-electron chi connectivity index (χ1n) is 16.2. The number of halogens is 3. The number of carbonyl (C=O) groups excluding carboxylic acids is 3. The monoisotopic (exact) mass is 746 g/mol. The zero-order chi connectivity index (χ0) is 30.8. The first-order chi connectivity index (χ1) is 21.3. The normalized spacial score (nSPS) is 21.3. The Labute approximate surface area is 282 Å². The molecule has 10 heteroatoms. The molecule has 4 aliphatic rings. The van der Waals surface area contributed by atoms with Crippen molar-refractivity contribution < 1.29 is 14.4 Å². The van der Waals surface area contributed by atoms with Crippen LogP contribution in [0.5, 0.6) is 0 Å². The smallest absolute Gasteiger partial charge is 0.222 e. The fraction of sp³-hybridized carbons (Fsp3) is 0.588. The van der Waals surface area contributed by atoms with E-state index >= 15 is 0 Å². The van der Waals surface area contributed by atoms with E-state index in [4.69, 9.17) is 16.6 Å². The summed E-state index contributed by atoms with van der Waals surface area (Å²) in [5.41, 5.74) is 5.03. The van der Waals surface area contributed by atoms with Crippen LogP contribution in [0.25, 0.3) is 0 Å². The van der Waals surface area contributed by atoms with Gasteiger partial charge < -0.3 is 14.7 Å². The van der Waals surface area contributed by atoms with E-state index in [-0.39, 0.29) is 23.6 Å². The molecule has 1 atom stereocenters. The van der Waals surface area contributed by atoms with Crippen LogP contribution in [0.4, 0.5) is 0 Å². The minimum atomic E-state index is 0.164. The number of aryl methyl sites for hydroxylation is 2. The molecule has 6 rings (SSSR count). The minimum Gasteiger partial charge on any atom is -0.343 e. The third-order valence-electron chi connectivity index (χ3n) is 10.2.